The number of aliphatic imine (C=N–C) groups is 1. The lowest BCUT2D eigenvalue weighted by Gasteiger charge is -2.31. The summed E-state index contributed by atoms with van der Waals surface area (Å²) < 4.78 is 4.77. The van der Waals surface area contributed by atoms with Gasteiger partial charge in [0.15, 0.2) is 5.92 Å². The van der Waals surface area contributed by atoms with Crippen LogP contribution in [0.4, 0.5) is 5.69 Å². The second-order valence-electron chi connectivity index (χ2n) is 7.59. The van der Waals surface area contributed by atoms with Crippen LogP contribution < -0.4 is 4.90 Å². The Kier molecular flexibility index (Phi) is 6.61. The monoisotopic (exact) mass is 392 g/mol. The fourth-order valence-electron chi connectivity index (χ4n) is 4.30. The van der Waals surface area contributed by atoms with Crippen LogP contribution in [-0.4, -0.2) is 31.2 Å². The number of nitrogens with zero attached hydrogens (tertiary/aromatic N) is 4. The van der Waals surface area contributed by atoms with Crippen molar-refractivity contribution in [2.45, 2.75) is 44.4 Å². The average Bonchev–Trinajstić information content (AvgIpc) is 2.75. The Labute approximate surface area is 170 Å². The Hall–Kier alpha value is -3.19. The van der Waals surface area contributed by atoms with Gasteiger partial charge in [0.1, 0.15) is 0 Å². The molecule has 0 N–H and O–H groups in total. The Morgan fingerprint density at radius 2 is 1.90 bits per heavy atom. The molecule has 1 amide bonds. The van der Waals surface area contributed by atoms with Crippen molar-refractivity contribution in [3.8, 4) is 12.3 Å². The van der Waals surface area contributed by atoms with Gasteiger partial charge in [-0.25, -0.2) is 0 Å². The van der Waals surface area contributed by atoms with Crippen molar-refractivity contribution < 1.29 is 14.3 Å². The van der Waals surface area contributed by atoms with Gasteiger partial charge in [0.2, 0.25) is 12.1 Å². The highest BCUT2D eigenvalue weighted by atomic mass is 16.5. The third-order valence-corrected chi connectivity index (χ3v) is 5.97. The van der Waals surface area contributed by atoms with Gasteiger partial charge in [-0.05, 0) is 55.2 Å². The topological polar surface area (TPSA) is 107 Å². The molecule has 0 bridgehead atoms. The molecule has 1 unspecified atom stereocenters. The van der Waals surface area contributed by atoms with Crippen LogP contribution in [0.1, 0.15) is 50.0 Å². The minimum absolute atomic E-state index is 0.136. The maximum absolute atomic E-state index is 12.7. The number of amides is 1. The maximum Gasteiger partial charge on any atom is 0.305 e. The molecule has 1 aromatic rings. The number of benzene rings is 1. The molecule has 0 aromatic heterocycles. The lowest BCUT2D eigenvalue weighted by Crippen LogP contribution is -2.45. The Bertz CT molecular complexity index is 871. The SMILES string of the molecule is COC(=O)CC1CCC(c2ccc(N3CCC(=NC#N)C(C#N)C3=O)cc2)CC1. The number of piperidine rings is 1. The smallest absolute Gasteiger partial charge is 0.305 e. The first-order chi connectivity index (χ1) is 14.1. The minimum atomic E-state index is -0.992. The summed E-state index contributed by atoms with van der Waals surface area (Å²) >= 11 is 0. The predicted molar refractivity (Wildman–Crippen MR) is 107 cm³/mol. The van der Waals surface area contributed by atoms with E-state index in [0.717, 1.165) is 31.4 Å². The van der Waals surface area contributed by atoms with Gasteiger partial charge in [0, 0.05) is 25.1 Å². The van der Waals surface area contributed by atoms with Gasteiger partial charge >= 0.3 is 5.97 Å². The number of carbonyl (C=O) groups is 2. The molecule has 1 saturated heterocycles. The number of rotatable bonds is 4. The highest BCUT2D eigenvalue weighted by Crippen LogP contribution is 2.38. The summed E-state index contributed by atoms with van der Waals surface area (Å²) in [6.07, 6.45) is 6.69. The van der Waals surface area contributed by atoms with Crippen molar-refractivity contribution in [1.29, 1.82) is 10.5 Å². The number of nitriles is 2. The van der Waals surface area contributed by atoms with Gasteiger partial charge in [0.25, 0.3) is 0 Å². The van der Waals surface area contributed by atoms with E-state index in [1.807, 2.05) is 30.3 Å². The summed E-state index contributed by atoms with van der Waals surface area (Å²) in [5.74, 6) is -0.605. The molecule has 1 aromatic carbocycles. The standard InChI is InChI=1S/C22H24N4O3/c1-29-21(27)12-15-2-4-16(5-3-15)17-6-8-18(9-7-17)26-11-10-20(25-14-24)19(13-23)22(26)28/h6-9,15-16,19H,2-5,10-12H2,1H3. The van der Waals surface area contributed by atoms with E-state index in [-0.39, 0.29) is 11.9 Å². The Morgan fingerprint density at radius 1 is 1.21 bits per heavy atom. The third kappa shape index (κ3) is 4.63. The summed E-state index contributed by atoms with van der Waals surface area (Å²) in [7, 11) is 1.43. The molecule has 1 aliphatic carbocycles. The highest BCUT2D eigenvalue weighted by molar-refractivity contribution is 6.15. The molecule has 2 aliphatic rings. The van der Waals surface area contributed by atoms with E-state index >= 15 is 0 Å². The lowest BCUT2D eigenvalue weighted by molar-refractivity contribution is -0.142. The molecule has 150 valence electrons. The fraction of sp³-hybridized carbons (Fsp3) is 0.500. The summed E-state index contributed by atoms with van der Waals surface area (Å²) in [6, 6.07) is 9.92. The predicted octanol–water partition coefficient (Wildman–Crippen LogP) is 3.32. The van der Waals surface area contributed by atoms with E-state index in [9.17, 15) is 14.9 Å². The van der Waals surface area contributed by atoms with Crippen LogP contribution >= 0.6 is 0 Å². The van der Waals surface area contributed by atoms with E-state index in [0.29, 0.717) is 36.9 Å². The molecular weight excluding hydrogens is 368 g/mol. The van der Waals surface area contributed by atoms with Gasteiger partial charge in [0.05, 0.1) is 18.9 Å². The van der Waals surface area contributed by atoms with Crippen molar-refractivity contribution in [2.75, 3.05) is 18.6 Å². The summed E-state index contributed by atoms with van der Waals surface area (Å²) in [6.45, 7) is 0.412. The van der Waals surface area contributed by atoms with Gasteiger partial charge in [-0.3, -0.25) is 9.59 Å². The van der Waals surface area contributed by atoms with E-state index in [1.165, 1.54) is 12.7 Å². The molecule has 1 aliphatic heterocycles. The second-order valence-corrected chi connectivity index (χ2v) is 7.59. The molecule has 29 heavy (non-hydrogen) atoms. The van der Waals surface area contributed by atoms with Crippen LogP contribution in [0.5, 0.6) is 0 Å². The zero-order valence-corrected chi connectivity index (χ0v) is 16.5. The molecule has 0 radical (unpaired) electrons. The lowest BCUT2D eigenvalue weighted by atomic mass is 9.77. The number of ether oxygens (including phenoxy) is 1. The number of hydrogen-bond acceptors (Lipinski definition) is 6. The van der Waals surface area contributed by atoms with Crippen LogP contribution in [0.2, 0.25) is 0 Å². The fourth-order valence-corrected chi connectivity index (χ4v) is 4.30. The quantitative estimate of drug-likeness (QED) is 0.577. The zero-order chi connectivity index (χ0) is 20.8. The van der Waals surface area contributed by atoms with Crippen LogP contribution in [0, 0.1) is 34.6 Å². The second kappa shape index (κ2) is 9.34. The normalized spacial score (nSPS) is 25.9. The Morgan fingerprint density at radius 3 is 2.48 bits per heavy atom. The van der Waals surface area contributed by atoms with Gasteiger partial charge in [-0.2, -0.15) is 15.5 Å². The van der Waals surface area contributed by atoms with Gasteiger partial charge in [-0.1, -0.05) is 12.1 Å². The zero-order valence-electron chi connectivity index (χ0n) is 16.5. The molecule has 1 atom stereocenters. The first-order valence-corrected chi connectivity index (χ1v) is 9.90. The molecule has 3 rings (SSSR count). The largest absolute Gasteiger partial charge is 0.469 e. The van der Waals surface area contributed by atoms with Crippen LogP contribution in [0.15, 0.2) is 29.3 Å². The van der Waals surface area contributed by atoms with E-state index in [1.54, 1.807) is 11.1 Å². The summed E-state index contributed by atoms with van der Waals surface area (Å²) in [5.41, 5.74) is 2.34. The van der Waals surface area contributed by atoms with Crippen LogP contribution in [0.3, 0.4) is 0 Å². The average molecular weight is 392 g/mol. The van der Waals surface area contributed by atoms with Crippen LogP contribution in [0.25, 0.3) is 0 Å². The number of methoxy groups -OCH3 is 1. The first-order valence-electron chi connectivity index (χ1n) is 9.90. The molecular formula is C22H24N4O3. The summed E-state index contributed by atoms with van der Waals surface area (Å²) in [4.78, 5) is 29.3. The molecule has 0 spiro atoms. The summed E-state index contributed by atoms with van der Waals surface area (Å²) in [5, 5.41) is 18.0. The van der Waals surface area contributed by atoms with Crippen molar-refractivity contribution in [3.63, 3.8) is 0 Å². The van der Waals surface area contributed by atoms with E-state index < -0.39 is 5.92 Å². The van der Waals surface area contributed by atoms with Gasteiger partial charge in [-0.15, -0.1) is 0 Å². The maximum atomic E-state index is 12.7. The van der Waals surface area contributed by atoms with Crippen molar-refractivity contribution in [3.05, 3.63) is 29.8 Å². The van der Waals surface area contributed by atoms with E-state index in [4.69, 9.17) is 10.00 Å². The first kappa shape index (κ1) is 20.5. The Balaban J connectivity index is 1.63. The van der Waals surface area contributed by atoms with Crippen molar-refractivity contribution in [2.24, 2.45) is 16.8 Å². The number of anilines is 1. The molecule has 7 heteroatoms. The molecule has 7 nitrogen and oxygen atoms in total. The van der Waals surface area contributed by atoms with E-state index in [2.05, 4.69) is 4.99 Å². The molecule has 1 heterocycles. The minimum Gasteiger partial charge on any atom is -0.469 e. The highest BCUT2D eigenvalue weighted by Gasteiger charge is 2.35. The van der Waals surface area contributed by atoms with Crippen LogP contribution in [-0.2, 0) is 14.3 Å². The van der Waals surface area contributed by atoms with Crippen molar-refractivity contribution in [1.82, 2.24) is 0 Å². The molecule has 2 fully saturated rings. The number of esters is 1. The number of hydrogen-bond donors (Lipinski definition) is 0. The van der Waals surface area contributed by atoms with Crippen molar-refractivity contribution >= 4 is 23.3 Å². The molecule has 1 saturated carbocycles. The van der Waals surface area contributed by atoms with Gasteiger partial charge < -0.3 is 9.64 Å². The number of carbonyl (C=O) groups excluding carboxylic acids is 2. The third-order valence-electron chi connectivity index (χ3n) is 5.97.